The molecule has 4 N–H and O–H groups in total. The Morgan fingerprint density at radius 2 is 1.93 bits per heavy atom. The number of aliphatic hydroxyl groups is 1. The van der Waals surface area contributed by atoms with Crippen molar-refractivity contribution in [2.75, 3.05) is 12.3 Å². The Morgan fingerprint density at radius 1 is 1.30 bits per heavy atom. The Morgan fingerprint density at radius 3 is 2.50 bits per heavy atom. The van der Waals surface area contributed by atoms with E-state index in [1.165, 1.54) is 45.0 Å². The highest BCUT2D eigenvalue weighted by atomic mass is 35.5. The minimum atomic E-state index is -4.85. The number of anilines is 1. The SMILES string of the molecule is CC(C)OC(=O)C(C)NP(=O)(OCC1(C(F)F)OC(n2cc(Cl)c(N)nc2=O)C(F)(F)C1O)Oc1ccccc1. The van der Waals surface area contributed by atoms with Crippen molar-refractivity contribution < 1.29 is 50.5 Å². The van der Waals surface area contributed by atoms with Crippen LogP contribution in [-0.4, -0.2) is 63.4 Å². The van der Waals surface area contributed by atoms with Gasteiger partial charge in [-0.15, -0.1) is 0 Å². The first kappa shape index (κ1) is 31.8. The highest BCUT2D eigenvalue weighted by Gasteiger charge is 2.71. The average Bonchev–Trinajstić information content (AvgIpc) is 3.06. The summed E-state index contributed by atoms with van der Waals surface area (Å²) in [4.78, 5) is 27.7. The Balaban J connectivity index is 1.97. The van der Waals surface area contributed by atoms with Crippen LogP contribution in [0.4, 0.5) is 23.4 Å². The molecule has 1 aliphatic heterocycles. The van der Waals surface area contributed by atoms with E-state index in [4.69, 9.17) is 35.9 Å². The summed E-state index contributed by atoms with van der Waals surface area (Å²) < 4.78 is 93.1. The van der Waals surface area contributed by atoms with Crippen LogP contribution < -0.4 is 21.0 Å². The molecule has 18 heteroatoms. The monoisotopic (exact) mass is 616 g/mol. The fraction of sp³-hybridized carbons (Fsp3) is 0.500. The summed E-state index contributed by atoms with van der Waals surface area (Å²) in [7, 11) is -4.85. The minimum Gasteiger partial charge on any atom is -0.462 e. The van der Waals surface area contributed by atoms with Crippen LogP contribution in [0, 0.1) is 0 Å². The average molecular weight is 617 g/mol. The lowest BCUT2D eigenvalue weighted by atomic mass is 9.96. The third-order valence-corrected chi connectivity index (χ3v) is 7.44. The molecule has 0 saturated carbocycles. The van der Waals surface area contributed by atoms with Gasteiger partial charge < -0.3 is 24.8 Å². The third-order valence-electron chi connectivity index (χ3n) is 5.53. The molecular weight excluding hydrogens is 591 g/mol. The topological polar surface area (TPSA) is 164 Å². The fourth-order valence-electron chi connectivity index (χ4n) is 3.55. The van der Waals surface area contributed by atoms with Crippen molar-refractivity contribution in [2.24, 2.45) is 0 Å². The van der Waals surface area contributed by atoms with Crippen LogP contribution in [0.2, 0.25) is 5.02 Å². The van der Waals surface area contributed by atoms with Crippen molar-refractivity contribution in [3.8, 4) is 5.75 Å². The van der Waals surface area contributed by atoms with Gasteiger partial charge in [-0.3, -0.25) is 13.9 Å². The number of nitrogens with zero attached hydrogens (tertiary/aromatic N) is 2. The van der Waals surface area contributed by atoms with Gasteiger partial charge in [-0.1, -0.05) is 29.8 Å². The summed E-state index contributed by atoms with van der Waals surface area (Å²) >= 11 is 5.75. The molecule has 0 amide bonds. The second kappa shape index (κ2) is 12.0. The molecule has 2 aromatic rings. The van der Waals surface area contributed by atoms with E-state index in [0.717, 1.165) is 0 Å². The molecule has 5 unspecified atom stereocenters. The van der Waals surface area contributed by atoms with Crippen molar-refractivity contribution in [1.29, 1.82) is 0 Å². The summed E-state index contributed by atoms with van der Waals surface area (Å²) in [6.07, 6.45) is -10.0. The first-order valence-electron chi connectivity index (χ1n) is 11.6. The summed E-state index contributed by atoms with van der Waals surface area (Å²) in [5.41, 5.74) is 0.374. The number of carbonyl (C=O) groups excluding carboxylic acids is 1. The minimum absolute atomic E-state index is 0.0777. The molecule has 0 radical (unpaired) electrons. The number of halogens is 5. The molecule has 1 aliphatic rings. The molecule has 5 atom stereocenters. The first-order valence-corrected chi connectivity index (χ1v) is 13.5. The fourth-order valence-corrected chi connectivity index (χ4v) is 5.22. The van der Waals surface area contributed by atoms with Gasteiger partial charge in [-0.05, 0) is 32.9 Å². The second-order valence-electron chi connectivity index (χ2n) is 8.98. The number of alkyl halides is 4. The highest BCUT2D eigenvalue weighted by molar-refractivity contribution is 7.52. The van der Waals surface area contributed by atoms with E-state index >= 15 is 8.78 Å². The van der Waals surface area contributed by atoms with E-state index in [1.807, 2.05) is 0 Å². The van der Waals surface area contributed by atoms with Gasteiger partial charge in [-0.2, -0.15) is 18.9 Å². The van der Waals surface area contributed by atoms with Crippen molar-refractivity contribution in [3.05, 3.63) is 52.0 Å². The lowest BCUT2D eigenvalue weighted by Gasteiger charge is -2.32. The van der Waals surface area contributed by atoms with Crippen LogP contribution in [-0.2, 0) is 23.4 Å². The van der Waals surface area contributed by atoms with E-state index in [1.54, 1.807) is 6.07 Å². The molecule has 3 rings (SSSR count). The second-order valence-corrected chi connectivity index (χ2v) is 11.1. The Kier molecular flexibility index (Phi) is 9.54. The van der Waals surface area contributed by atoms with Gasteiger partial charge >= 0.3 is 25.3 Å². The zero-order valence-electron chi connectivity index (χ0n) is 21.2. The van der Waals surface area contributed by atoms with Crippen molar-refractivity contribution in [3.63, 3.8) is 0 Å². The molecule has 0 aliphatic carbocycles. The van der Waals surface area contributed by atoms with Crippen LogP contribution in [0.1, 0.15) is 27.0 Å². The van der Waals surface area contributed by atoms with E-state index in [2.05, 4.69) is 10.1 Å². The van der Waals surface area contributed by atoms with Gasteiger partial charge in [0.2, 0.25) is 6.23 Å². The van der Waals surface area contributed by atoms with Crippen LogP contribution in [0.15, 0.2) is 41.3 Å². The molecule has 1 aromatic carbocycles. The molecule has 12 nitrogen and oxygen atoms in total. The van der Waals surface area contributed by atoms with Crippen LogP contribution in [0.5, 0.6) is 5.75 Å². The number of nitrogen functional groups attached to an aromatic ring is 1. The quantitative estimate of drug-likeness (QED) is 0.193. The molecule has 40 heavy (non-hydrogen) atoms. The third kappa shape index (κ3) is 6.58. The zero-order valence-corrected chi connectivity index (χ0v) is 22.8. The number of carbonyl (C=O) groups is 1. The number of hydrogen-bond donors (Lipinski definition) is 3. The number of aromatic nitrogens is 2. The number of rotatable bonds is 11. The van der Waals surface area contributed by atoms with Gasteiger partial charge in [0.25, 0.3) is 6.43 Å². The number of nitrogens with two attached hydrogens (primary N) is 1. The van der Waals surface area contributed by atoms with Gasteiger partial charge in [0.1, 0.15) is 17.6 Å². The summed E-state index contributed by atoms with van der Waals surface area (Å²) in [6, 6.07) is 5.74. The number of esters is 1. The molecule has 222 valence electrons. The van der Waals surface area contributed by atoms with Gasteiger partial charge in [0, 0.05) is 6.20 Å². The first-order chi connectivity index (χ1) is 18.5. The van der Waals surface area contributed by atoms with Crippen molar-refractivity contribution in [1.82, 2.24) is 14.6 Å². The molecule has 1 aromatic heterocycles. The highest BCUT2D eigenvalue weighted by Crippen LogP contribution is 2.53. The Bertz CT molecular complexity index is 1320. The number of ether oxygens (including phenoxy) is 2. The van der Waals surface area contributed by atoms with E-state index in [9.17, 15) is 28.0 Å². The predicted octanol–water partition coefficient (Wildman–Crippen LogP) is 3.14. The van der Waals surface area contributed by atoms with Gasteiger partial charge in [-0.25, -0.2) is 18.1 Å². The van der Waals surface area contributed by atoms with Crippen molar-refractivity contribution in [2.45, 2.75) is 63.2 Å². The zero-order chi connectivity index (χ0) is 30.0. The standard InChI is InChI=1S/C22H26ClF4N4O8P/c1-11(2)37-16(32)12(3)30-40(35,39-13-7-5-4-6-8-13)36-10-21(18(24)25)17(33)22(26,27)19(38-21)31-9-14(23)15(28)29-20(31)34/h4-9,11-12,17-19,33H,10H2,1-3H3,(H,30,35)(H2,28,29,34). The van der Waals surface area contributed by atoms with Gasteiger partial charge in [0.15, 0.2) is 11.7 Å². The number of benzene rings is 1. The Hall–Kier alpha value is -2.75. The molecular formula is C22H26ClF4N4O8P. The summed E-state index contributed by atoms with van der Waals surface area (Å²) in [5.74, 6) is -6.10. The van der Waals surface area contributed by atoms with E-state index in [0.29, 0.717) is 6.20 Å². The molecule has 1 saturated heterocycles. The molecule has 0 bridgehead atoms. The molecule has 1 fully saturated rings. The Labute approximate surface area is 229 Å². The predicted molar refractivity (Wildman–Crippen MR) is 132 cm³/mol. The van der Waals surface area contributed by atoms with Crippen LogP contribution in [0.3, 0.4) is 0 Å². The van der Waals surface area contributed by atoms with E-state index in [-0.39, 0.29) is 10.3 Å². The maximum atomic E-state index is 15.2. The molecule has 0 spiro atoms. The summed E-state index contributed by atoms with van der Waals surface area (Å²) in [5, 5.41) is 12.1. The maximum Gasteiger partial charge on any atom is 0.459 e. The lowest BCUT2D eigenvalue weighted by molar-refractivity contribution is -0.193. The van der Waals surface area contributed by atoms with Crippen LogP contribution in [0.25, 0.3) is 0 Å². The molecule has 2 heterocycles. The van der Waals surface area contributed by atoms with Gasteiger partial charge in [0.05, 0.1) is 17.7 Å². The van der Waals surface area contributed by atoms with Crippen molar-refractivity contribution >= 4 is 31.1 Å². The smallest absolute Gasteiger partial charge is 0.459 e. The largest absolute Gasteiger partial charge is 0.462 e. The number of aliphatic hydroxyl groups excluding tert-OH is 1. The van der Waals surface area contributed by atoms with E-state index < -0.39 is 79.3 Å². The number of hydrogen-bond acceptors (Lipinski definition) is 10. The normalized spacial score (nSPS) is 24.6. The number of para-hydroxylation sites is 1. The van der Waals surface area contributed by atoms with Crippen LogP contribution >= 0.6 is 19.3 Å². The lowest BCUT2D eigenvalue weighted by Crippen LogP contribution is -2.54. The summed E-state index contributed by atoms with van der Waals surface area (Å²) in [6.45, 7) is 2.62. The maximum absolute atomic E-state index is 15.2. The number of nitrogens with one attached hydrogen (secondary N) is 1.